The van der Waals surface area contributed by atoms with Crippen LogP contribution in [0.1, 0.15) is 25.0 Å². The molecule has 9 rings (SSSR count). The minimum atomic E-state index is -0.000618. The van der Waals surface area contributed by atoms with Crippen molar-refractivity contribution in [1.29, 1.82) is 0 Å². The van der Waals surface area contributed by atoms with Crippen molar-refractivity contribution in [3.63, 3.8) is 0 Å². The largest absolute Gasteiger partial charge is 0.0622 e. The maximum Gasteiger partial charge on any atom is 0.0159 e. The summed E-state index contributed by atoms with van der Waals surface area (Å²) in [5, 5.41) is 7.72. The van der Waals surface area contributed by atoms with Crippen molar-refractivity contribution < 1.29 is 0 Å². The van der Waals surface area contributed by atoms with E-state index in [0.717, 1.165) is 0 Å². The molecule has 0 amide bonds. The molecular formula is C45H32. The van der Waals surface area contributed by atoms with Crippen LogP contribution in [0, 0.1) is 0 Å². The predicted molar refractivity (Wildman–Crippen MR) is 193 cm³/mol. The summed E-state index contributed by atoms with van der Waals surface area (Å²) in [6.45, 7) is 4.71. The van der Waals surface area contributed by atoms with Gasteiger partial charge in [0.1, 0.15) is 0 Å². The molecule has 0 bridgehead atoms. The van der Waals surface area contributed by atoms with E-state index in [1.165, 1.54) is 88.0 Å². The Balaban J connectivity index is 1.17. The Kier molecular flexibility index (Phi) is 5.64. The third kappa shape index (κ3) is 3.92. The van der Waals surface area contributed by atoms with Crippen LogP contribution >= 0.6 is 0 Å². The maximum atomic E-state index is 2.43. The van der Waals surface area contributed by atoms with Gasteiger partial charge in [0.15, 0.2) is 0 Å². The number of hydrogen-bond acceptors (Lipinski definition) is 0. The topological polar surface area (TPSA) is 0 Å². The molecule has 0 unspecified atom stereocenters. The van der Waals surface area contributed by atoms with Crippen LogP contribution in [0.4, 0.5) is 0 Å². The molecule has 212 valence electrons. The summed E-state index contributed by atoms with van der Waals surface area (Å²) in [6, 6.07) is 58.3. The van der Waals surface area contributed by atoms with Crippen molar-refractivity contribution in [2.45, 2.75) is 19.3 Å². The number of benzene rings is 8. The van der Waals surface area contributed by atoms with Gasteiger partial charge in [-0.05, 0) is 106 Å². The molecule has 0 aromatic heterocycles. The van der Waals surface area contributed by atoms with Gasteiger partial charge in [0, 0.05) is 5.41 Å². The maximum absolute atomic E-state index is 2.43. The molecule has 8 aromatic carbocycles. The fourth-order valence-corrected chi connectivity index (χ4v) is 7.81. The first kappa shape index (κ1) is 26.0. The number of fused-ring (bicyclic) bond motifs is 6. The van der Waals surface area contributed by atoms with E-state index in [1.807, 2.05) is 0 Å². The standard InChI is InChI=1S/C45H32/c1-45(2)41-19-11-10-14-35(41)40-27-33-25-24-32(26-34(33)28-42(40)45)29-20-22-31(23-21-29)44-38-17-8-6-15-36(38)43(30-12-4-3-5-13-30)37-16-7-9-18-39(37)44/h3-28H,1-2H3. The van der Waals surface area contributed by atoms with Crippen LogP contribution in [0.2, 0.25) is 0 Å². The summed E-state index contributed by atoms with van der Waals surface area (Å²) < 4.78 is 0. The lowest BCUT2D eigenvalue weighted by Gasteiger charge is -2.21. The van der Waals surface area contributed by atoms with Gasteiger partial charge in [0.25, 0.3) is 0 Å². The van der Waals surface area contributed by atoms with Gasteiger partial charge < -0.3 is 0 Å². The molecule has 0 spiro atoms. The molecule has 1 aliphatic carbocycles. The van der Waals surface area contributed by atoms with Crippen molar-refractivity contribution >= 4 is 32.3 Å². The number of hydrogen-bond donors (Lipinski definition) is 0. The zero-order chi connectivity index (χ0) is 30.1. The second kappa shape index (κ2) is 9.78. The van der Waals surface area contributed by atoms with Gasteiger partial charge in [-0.1, -0.05) is 153 Å². The molecule has 0 radical (unpaired) electrons. The Morgan fingerprint density at radius 3 is 1.49 bits per heavy atom. The smallest absolute Gasteiger partial charge is 0.0159 e. The Labute approximate surface area is 264 Å². The molecule has 0 saturated carbocycles. The second-order valence-electron chi connectivity index (χ2n) is 12.9. The third-order valence-corrected chi connectivity index (χ3v) is 10.0. The van der Waals surface area contributed by atoms with Gasteiger partial charge >= 0.3 is 0 Å². The lowest BCUT2D eigenvalue weighted by molar-refractivity contribution is 0.661. The molecular weight excluding hydrogens is 540 g/mol. The van der Waals surface area contributed by atoms with Crippen LogP contribution in [0.5, 0.6) is 0 Å². The second-order valence-corrected chi connectivity index (χ2v) is 12.9. The van der Waals surface area contributed by atoms with Crippen molar-refractivity contribution in [2.75, 3.05) is 0 Å². The lowest BCUT2D eigenvalue weighted by atomic mass is 9.82. The van der Waals surface area contributed by atoms with Crippen LogP contribution in [-0.2, 0) is 5.41 Å². The predicted octanol–water partition coefficient (Wildman–Crippen LogP) is 12.5. The highest BCUT2D eigenvalue weighted by Gasteiger charge is 2.35. The first-order chi connectivity index (χ1) is 22.1. The highest BCUT2D eigenvalue weighted by Crippen LogP contribution is 2.50. The van der Waals surface area contributed by atoms with Crippen molar-refractivity contribution in [3.8, 4) is 44.5 Å². The third-order valence-electron chi connectivity index (χ3n) is 10.0. The van der Waals surface area contributed by atoms with Crippen molar-refractivity contribution in [1.82, 2.24) is 0 Å². The van der Waals surface area contributed by atoms with Gasteiger partial charge in [0.2, 0.25) is 0 Å². The summed E-state index contributed by atoms with van der Waals surface area (Å²) in [6.07, 6.45) is 0. The minimum absolute atomic E-state index is 0.000618. The molecule has 0 saturated heterocycles. The average Bonchev–Trinajstić information content (AvgIpc) is 3.31. The molecule has 0 aliphatic heterocycles. The molecule has 0 N–H and O–H groups in total. The van der Waals surface area contributed by atoms with Gasteiger partial charge in [-0.25, -0.2) is 0 Å². The summed E-state index contributed by atoms with van der Waals surface area (Å²) >= 11 is 0. The molecule has 0 nitrogen and oxygen atoms in total. The summed E-state index contributed by atoms with van der Waals surface area (Å²) in [7, 11) is 0. The average molecular weight is 573 g/mol. The fourth-order valence-electron chi connectivity index (χ4n) is 7.81. The highest BCUT2D eigenvalue weighted by atomic mass is 14.4. The van der Waals surface area contributed by atoms with Gasteiger partial charge in [-0.3, -0.25) is 0 Å². The van der Waals surface area contributed by atoms with Crippen molar-refractivity contribution in [3.05, 3.63) is 169 Å². The summed E-state index contributed by atoms with van der Waals surface area (Å²) in [5.41, 5.74) is 13.1. The Hall–Kier alpha value is -5.46. The molecule has 0 atom stereocenters. The van der Waals surface area contributed by atoms with Crippen LogP contribution in [0.15, 0.2) is 158 Å². The first-order valence-electron chi connectivity index (χ1n) is 15.9. The van der Waals surface area contributed by atoms with Crippen LogP contribution in [0.3, 0.4) is 0 Å². The van der Waals surface area contributed by atoms with Gasteiger partial charge in [-0.2, -0.15) is 0 Å². The Morgan fingerprint density at radius 2 is 0.844 bits per heavy atom. The summed E-state index contributed by atoms with van der Waals surface area (Å²) in [4.78, 5) is 0. The zero-order valence-corrected chi connectivity index (χ0v) is 25.5. The molecule has 1 aliphatic rings. The first-order valence-corrected chi connectivity index (χ1v) is 15.9. The van der Waals surface area contributed by atoms with E-state index in [2.05, 4.69) is 172 Å². The van der Waals surface area contributed by atoms with E-state index in [4.69, 9.17) is 0 Å². The molecule has 8 aromatic rings. The zero-order valence-electron chi connectivity index (χ0n) is 25.5. The summed E-state index contributed by atoms with van der Waals surface area (Å²) in [5.74, 6) is 0. The number of rotatable bonds is 3. The van der Waals surface area contributed by atoms with Crippen LogP contribution in [0.25, 0.3) is 76.8 Å². The van der Waals surface area contributed by atoms with E-state index < -0.39 is 0 Å². The molecule has 45 heavy (non-hydrogen) atoms. The van der Waals surface area contributed by atoms with Crippen LogP contribution < -0.4 is 0 Å². The lowest BCUT2D eigenvalue weighted by Crippen LogP contribution is -2.14. The van der Waals surface area contributed by atoms with Gasteiger partial charge in [-0.15, -0.1) is 0 Å². The Bertz CT molecular complexity index is 2370. The van der Waals surface area contributed by atoms with Crippen LogP contribution in [-0.4, -0.2) is 0 Å². The minimum Gasteiger partial charge on any atom is -0.0622 e. The molecule has 0 heteroatoms. The van der Waals surface area contributed by atoms with E-state index >= 15 is 0 Å². The highest BCUT2D eigenvalue weighted by molar-refractivity contribution is 6.21. The SMILES string of the molecule is CC1(C)c2ccccc2-c2cc3ccc(-c4ccc(-c5c6ccccc6c(-c6ccccc6)c6ccccc56)cc4)cc3cc21. The molecule has 0 fully saturated rings. The van der Waals surface area contributed by atoms with E-state index in [9.17, 15) is 0 Å². The quantitative estimate of drug-likeness (QED) is 0.185. The van der Waals surface area contributed by atoms with E-state index in [-0.39, 0.29) is 5.41 Å². The monoisotopic (exact) mass is 572 g/mol. The fraction of sp³-hybridized carbons (Fsp3) is 0.0667. The van der Waals surface area contributed by atoms with Gasteiger partial charge in [0.05, 0.1) is 0 Å². The Morgan fingerprint density at radius 1 is 0.333 bits per heavy atom. The molecule has 0 heterocycles. The normalized spacial score (nSPS) is 13.3. The van der Waals surface area contributed by atoms with E-state index in [1.54, 1.807) is 0 Å². The van der Waals surface area contributed by atoms with Crippen molar-refractivity contribution in [2.24, 2.45) is 0 Å². The van der Waals surface area contributed by atoms with E-state index in [0.29, 0.717) is 0 Å².